The van der Waals surface area contributed by atoms with Crippen LogP contribution in [0.4, 0.5) is 11.5 Å². The Balaban J connectivity index is 1.42. The van der Waals surface area contributed by atoms with Gasteiger partial charge in [-0.25, -0.2) is 4.68 Å². The van der Waals surface area contributed by atoms with E-state index in [0.29, 0.717) is 53.4 Å². The molecule has 1 spiro atoms. The zero-order valence-electron chi connectivity index (χ0n) is 20.3. The van der Waals surface area contributed by atoms with Crippen molar-refractivity contribution in [1.29, 1.82) is 0 Å². The fraction of sp³-hybridized carbons (Fsp3) is 0.385. The Hall–Kier alpha value is -2.98. The van der Waals surface area contributed by atoms with E-state index in [9.17, 15) is 9.59 Å². The lowest BCUT2D eigenvalue weighted by atomic mass is 9.73. The molecule has 1 N–H and O–H groups in total. The quantitative estimate of drug-likeness (QED) is 0.532. The van der Waals surface area contributed by atoms with Crippen LogP contribution in [0.5, 0.6) is 0 Å². The normalized spacial score (nSPS) is 22.2. The summed E-state index contributed by atoms with van der Waals surface area (Å²) >= 11 is 12.5. The molecule has 4 heterocycles. The van der Waals surface area contributed by atoms with E-state index in [2.05, 4.69) is 20.5 Å². The standard InChI is InChI=1S/C26H26Cl2N6O3/c1-16(17-2-4-18(27)5-3-17)34-24-23(30-31-34)26(15-22(35)29-24)20-14-19(28)6-7-21(20)33(25(26)36)9-8-32-10-12-37-13-11-32/h2-7,14,16H,8-13,15H2,1H3,(H,29,35)/t16-,26+/m0/s1. The third kappa shape index (κ3) is 4.01. The molecule has 1 aromatic heterocycles. The molecule has 2 atom stereocenters. The number of fused-ring (bicyclic) bond motifs is 4. The number of halogens is 2. The van der Waals surface area contributed by atoms with Gasteiger partial charge in [-0.15, -0.1) is 5.10 Å². The SMILES string of the molecule is C[C@@H](c1ccc(Cl)cc1)n1nnc2c1NC(=O)C[C@]21C(=O)N(CCN2CCOCC2)c2ccc(Cl)cc21. The van der Waals surface area contributed by atoms with Gasteiger partial charge in [-0.3, -0.25) is 14.5 Å². The highest BCUT2D eigenvalue weighted by Crippen LogP contribution is 2.52. The van der Waals surface area contributed by atoms with Crippen LogP contribution < -0.4 is 10.2 Å². The van der Waals surface area contributed by atoms with Gasteiger partial charge < -0.3 is 15.0 Å². The van der Waals surface area contributed by atoms with Gasteiger partial charge in [0.1, 0.15) is 11.1 Å². The Morgan fingerprint density at radius 3 is 2.54 bits per heavy atom. The molecule has 0 aliphatic carbocycles. The average Bonchev–Trinajstić information content (AvgIpc) is 3.41. The lowest BCUT2D eigenvalue weighted by Crippen LogP contribution is -2.49. The van der Waals surface area contributed by atoms with E-state index in [-0.39, 0.29) is 24.3 Å². The summed E-state index contributed by atoms with van der Waals surface area (Å²) in [7, 11) is 0. The maximum Gasteiger partial charge on any atom is 0.244 e. The second-order valence-corrected chi connectivity index (χ2v) is 10.5. The van der Waals surface area contributed by atoms with Gasteiger partial charge in [0.05, 0.1) is 25.7 Å². The third-order valence-electron chi connectivity index (χ3n) is 7.56. The monoisotopic (exact) mass is 540 g/mol. The number of benzene rings is 2. The number of hydrogen-bond acceptors (Lipinski definition) is 6. The van der Waals surface area contributed by atoms with E-state index in [1.54, 1.807) is 21.7 Å². The molecule has 3 aromatic rings. The van der Waals surface area contributed by atoms with E-state index in [0.717, 1.165) is 24.3 Å². The molecule has 3 aliphatic rings. The molecule has 37 heavy (non-hydrogen) atoms. The molecule has 2 amide bonds. The lowest BCUT2D eigenvalue weighted by molar-refractivity contribution is -0.126. The van der Waals surface area contributed by atoms with Crippen LogP contribution in [0.2, 0.25) is 10.0 Å². The number of hydrogen-bond donors (Lipinski definition) is 1. The van der Waals surface area contributed by atoms with Crippen molar-refractivity contribution < 1.29 is 14.3 Å². The minimum atomic E-state index is -1.29. The molecule has 0 unspecified atom stereocenters. The number of nitrogens with zero attached hydrogens (tertiary/aromatic N) is 5. The van der Waals surface area contributed by atoms with E-state index in [1.165, 1.54) is 0 Å². The first-order valence-electron chi connectivity index (χ1n) is 12.3. The van der Waals surface area contributed by atoms with Gasteiger partial charge >= 0.3 is 0 Å². The van der Waals surface area contributed by atoms with E-state index < -0.39 is 5.41 Å². The number of carbonyl (C=O) groups is 2. The number of ether oxygens (including phenoxy) is 1. The molecule has 0 bridgehead atoms. The summed E-state index contributed by atoms with van der Waals surface area (Å²) in [5, 5.41) is 13.0. The smallest absolute Gasteiger partial charge is 0.244 e. The summed E-state index contributed by atoms with van der Waals surface area (Å²) in [4.78, 5) is 31.5. The first-order valence-corrected chi connectivity index (χ1v) is 13.1. The number of amides is 2. The summed E-state index contributed by atoms with van der Waals surface area (Å²) < 4.78 is 7.11. The summed E-state index contributed by atoms with van der Waals surface area (Å²) in [5.41, 5.74) is 1.54. The maximum absolute atomic E-state index is 14.3. The number of nitrogens with one attached hydrogen (secondary N) is 1. The van der Waals surface area contributed by atoms with Crippen LogP contribution in [0.3, 0.4) is 0 Å². The van der Waals surface area contributed by atoms with Gasteiger partial charge in [0, 0.05) is 41.9 Å². The molecule has 6 rings (SSSR count). The number of rotatable bonds is 5. The molecular formula is C26H26Cl2N6O3. The van der Waals surface area contributed by atoms with Gasteiger partial charge in [-0.05, 0) is 48.4 Å². The highest BCUT2D eigenvalue weighted by Gasteiger charge is 2.58. The molecule has 11 heteroatoms. The highest BCUT2D eigenvalue weighted by atomic mass is 35.5. The van der Waals surface area contributed by atoms with Crippen molar-refractivity contribution in [2.24, 2.45) is 0 Å². The van der Waals surface area contributed by atoms with Crippen molar-refractivity contribution in [2.45, 2.75) is 24.8 Å². The number of carbonyl (C=O) groups excluding carboxylic acids is 2. The topological polar surface area (TPSA) is 92.6 Å². The van der Waals surface area contributed by atoms with Crippen molar-refractivity contribution in [3.63, 3.8) is 0 Å². The average molecular weight is 541 g/mol. The summed E-state index contributed by atoms with van der Waals surface area (Å²) in [6, 6.07) is 12.6. The number of anilines is 2. The minimum Gasteiger partial charge on any atom is -0.379 e. The van der Waals surface area contributed by atoms with Gasteiger partial charge in [0.15, 0.2) is 5.82 Å². The molecular weight excluding hydrogens is 515 g/mol. The number of aromatic nitrogens is 3. The Morgan fingerprint density at radius 1 is 1.05 bits per heavy atom. The zero-order chi connectivity index (χ0) is 25.7. The van der Waals surface area contributed by atoms with Crippen LogP contribution in [0.15, 0.2) is 42.5 Å². The van der Waals surface area contributed by atoms with Gasteiger partial charge in [-0.2, -0.15) is 0 Å². The predicted molar refractivity (Wildman–Crippen MR) is 140 cm³/mol. The first kappa shape index (κ1) is 24.4. The number of morpholine rings is 1. The summed E-state index contributed by atoms with van der Waals surface area (Å²) in [6.07, 6.45) is -0.0613. The van der Waals surface area contributed by atoms with E-state index >= 15 is 0 Å². The summed E-state index contributed by atoms with van der Waals surface area (Å²) in [5.74, 6) is -0.0259. The lowest BCUT2D eigenvalue weighted by Gasteiger charge is -2.32. The Labute approximate surface area is 224 Å². The Kier molecular flexibility index (Phi) is 6.19. The van der Waals surface area contributed by atoms with Gasteiger partial charge in [0.2, 0.25) is 11.8 Å². The van der Waals surface area contributed by atoms with Crippen LogP contribution >= 0.6 is 23.2 Å². The molecule has 0 radical (unpaired) electrons. The second kappa shape index (κ2) is 9.40. The summed E-state index contributed by atoms with van der Waals surface area (Å²) in [6.45, 7) is 6.16. The van der Waals surface area contributed by atoms with Crippen molar-refractivity contribution in [3.05, 3.63) is 69.3 Å². The highest BCUT2D eigenvalue weighted by molar-refractivity contribution is 6.31. The van der Waals surface area contributed by atoms with E-state index in [4.69, 9.17) is 27.9 Å². The molecule has 1 fully saturated rings. The maximum atomic E-state index is 14.3. The molecule has 192 valence electrons. The fourth-order valence-corrected chi connectivity index (χ4v) is 5.88. The molecule has 3 aliphatic heterocycles. The molecule has 0 saturated carbocycles. The van der Waals surface area contributed by atoms with Crippen LogP contribution in [0.25, 0.3) is 0 Å². The van der Waals surface area contributed by atoms with Crippen LogP contribution in [0.1, 0.15) is 36.2 Å². The predicted octanol–water partition coefficient (Wildman–Crippen LogP) is 3.50. The molecule has 9 nitrogen and oxygen atoms in total. The largest absolute Gasteiger partial charge is 0.379 e. The Bertz CT molecular complexity index is 1370. The third-order valence-corrected chi connectivity index (χ3v) is 8.05. The molecule has 1 saturated heterocycles. The Morgan fingerprint density at radius 2 is 1.78 bits per heavy atom. The zero-order valence-corrected chi connectivity index (χ0v) is 21.8. The van der Waals surface area contributed by atoms with Crippen LogP contribution in [-0.4, -0.2) is 71.1 Å². The van der Waals surface area contributed by atoms with Crippen LogP contribution in [-0.2, 0) is 19.7 Å². The van der Waals surface area contributed by atoms with Crippen molar-refractivity contribution >= 4 is 46.5 Å². The van der Waals surface area contributed by atoms with Crippen LogP contribution in [0, 0.1) is 0 Å². The van der Waals surface area contributed by atoms with Crippen molar-refractivity contribution in [2.75, 3.05) is 49.6 Å². The second-order valence-electron chi connectivity index (χ2n) is 9.66. The van der Waals surface area contributed by atoms with Crippen molar-refractivity contribution in [3.8, 4) is 0 Å². The molecule has 2 aromatic carbocycles. The van der Waals surface area contributed by atoms with E-state index in [1.807, 2.05) is 37.3 Å². The minimum absolute atomic E-state index is 0.0613. The van der Waals surface area contributed by atoms with Gasteiger partial charge in [0.25, 0.3) is 0 Å². The fourth-order valence-electron chi connectivity index (χ4n) is 5.58. The van der Waals surface area contributed by atoms with Crippen molar-refractivity contribution in [1.82, 2.24) is 19.9 Å². The first-order chi connectivity index (χ1) is 17.9. The van der Waals surface area contributed by atoms with Gasteiger partial charge in [-0.1, -0.05) is 40.5 Å².